The number of rotatable bonds is 4. The Morgan fingerprint density at radius 3 is 2.30 bits per heavy atom. The molecule has 0 saturated heterocycles. The van der Waals surface area contributed by atoms with Crippen LogP contribution in [-0.2, 0) is 15.4 Å². The molecular formula is C26H22N4O2S. The molecule has 0 aliphatic heterocycles. The number of nitrogens with two attached hydrogens (primary N) is 1. The van der Waals surface area contributed by atoms with Gasteiger partial charge in [-0.2, -0.15) is 5.10 Å². The number of hydrogen-bond donors (Lipinski definition) is 1. The average Bonchev–Trinajstić information content (AvgIpc) is 3.43. The van der Waals surface area contributed by atoms with Crippen molar-refractivity contribution < 1.29 is 8.42 Å². The highest BCUT2D eigenvalue weighted by atomic mass is 32.2. The van der Waals surface area contributed by atoms with E-state index < -0.39 is 10.0 Å². The average molecular weight is 455 g/mol. The fraction of sp³-hybridized carbons (Fsp3) is 0.154. The van der Waals surface area contributed by atoms with E-state index in [2.05, 4.69) is 36.3 Å². The fourth-order valence-corrected chi connectivity index (χ4v) is 5.25. The zero-order valence-corrected chi connectivity index (χ0v) is 18.9. The maximum absolute atomic E-state index is 12.1. The quantitative estimate of drug-likeness (QED) is 0.417. The van der Waals surface area contributed by atoms with Crippen molar-refractivity contribution in [1.82, 2.24) is 14.6 Å². The lowest BCUT2D eigenvalue weighted by molar-refractivity contribution is 0.598. The van der Waals surface area contributed by atoms with Crippen LogP contribution in [0.3, 0.4) is 0 Å². The maximum Gasteiger partial charge on any atom is 0.238 e. The Hall–Kier alpha value is -3.55. The summed E-state index contributed by atoms with van der Waals surface area (Å²) in [7, 11) is -3.84. The molecule has 0 radical (unpaired) electrons. The zero-order valence-electron chi connectivity index (χ0n) is 18.1. The lowest BCUT2D eigenvalue weighted by Crippen LogP contribution is -2.12. The maximum atomic E-state index is 12.1. The summed E-state index contributed by atoms with van der Waals surface area (Å²) < 4.78 is 25.9. The second-order valence-corrected chi connectivity index (χ2v) is 10.5. The molecule has 0 amide bonds. The van der Waals surface area contributed by atoms with Gasteiger partial charge in [-0.1, -0.05) is 61.5 Å². The number of aromatic nitrogens is 3. The Balaban J connectivity index is 1.44. The third kappa shape index (κ3) is 3.32. The van der Waals surface area contributed by atoms with E-state index >= 15 is 0 Å². The highest BCUT2D eigenvalue weighted by molar-refractivity contribution is 7.89. The second kappa shape index (κ2) is 6.97. The van der Waals surface area contributed by atoms with Gasteiger partial charge in [-0.15, -0.1) is 0 Å². The monoisotopic (exact) mass is 454 g/mol. The molecule has 0 atom stereocenters. The van der Waals surface area contributed by atoms with Crippen molar-refractivity contribution in [2.45, 2.75) is 30.1 Å². The highest BCUT2D eigenvalue weighted by Crippen LogP contribution is 2.47. The van der Waals surface area contributed by atoms with Crippen LogP contribution in [0.1, 0.15) is 25.3 Å². The smallest absolute Gasteiger partial charge is 0.236 e. The summed E-state index contributed by atoms with van der Waals surface area (Å²) in [5.74, 6) is 0. The molecule has 0 spiro atoms. The first-order valence-electron chi connectivity index (χ1n) is 10.8. The summed E-state index contributed by atoms with van der Waals surface area (Å²) in [5.41, 5.74) is 6.20. The van der Waals surface area contributed by atoms with Gasteiger partial charge in [0.1, 0.15) is 0 Å². The van der Waals surface area contributed by atoms with Gasteiger partial charge in [0.25, 0.3) is 0 Å². The molecule has 6 rings (SSSR count). The van der Waals surface area contributed by atoms with E-state index in [1.165, 1.54) is 18.4 Å². The van der Waals surface area contributed by atoms with Crippen LogP contribution in [-0.4, -0.2) is 23.0 Å². The van der Waals surface area contributed by atoms with Gasteiger partial charge in [0, 0.05) is 28.9 Å². The minimum atomic E-state index is -3.84. The molecule has 6 nitrogen and oxygen atoms in total. The van der Waals surface area contributed by atoms with Crippen LogP contribution in [0.2, 0.25) is 0 Å². The van der Waals surface area contributed by atoms with Gasteiger partial charge in [0.15, 0.2) is 5.65 Å². The Morgan fingerprint density at radius 2 is 1.61 bits per heavy atom. The van der Waals surface area contributed by atoms with Crippen LogP contribution in [0.25, 0.3) is 38.7 Å². The van der Waals surface area contributed by atoms with Gasteiger partial charge in [0.05, 0.1) is 11.1 Å². The molecule has 1 aliphatic carbocycles. The van der Waals surface area contributed by atoms with Crippen LogP contribution in [0.4, 0.5) is 0 Å². The fourth-order valence-electron chi connectivity index (χ4n) is 4.51. The zero-order chi connectivity index (χ0) is 22.8. The van der Waals surface area contributed by atoms with Gasteiger partial charge in [-0.25, -0.2) is 23.1 Å². The van der Waals surface area contributed by atoms with Crippen LogP contribution >= 0.6 is 0 Å². The van der Waals surface area contributed by atoms with E-state index in [-0.39, 0.29) is 4.90 Å². The molecule has 2 heterocycles. The Bertz CT molecular complexity index is 1650. The number of nitrogens with zero attached hydrogens (tertiary/aromatic N) is 3. The molecule has 1 fully saturated rings. The van der Waals surface area contributed by atoms with Crippen molar-refractivity contribution in [2.75, 3.05) is 0 Å². The predicted octanol–water partition coefficient (Wildman–Crippen LogP) is 4.92. The lowest BCUT2D eigenvalue weighted by Gasteiger charge is -2.10. The molecule has 0 bridgehead atoms. The number of primary sulfonamides is 1. The Morgan fingerprint density at radius 1 is 0.879 bits per heavy atom. The molecule has 7 heteroatoms. The van der Waals surface area contributed by atoms with Gasteiger partial charge in [0.2, 0.25) is 10.0 Å². The Kier molecular flexibility index (Phi) is 4.24. The van der Waals surface area contributed by atoms with Crippen LogP contribution in [0, 0.1) is 0 Å². The molecule has 1 saturated carbocycles. The van der Waals surface area contributed by atoms with E-state index in [0.29, 0.717) is 16.4 Å². The summed E-state index contributed by atoms with van der Waals surface area (Å²) in [6.07, 6.45) is 8.10. The standard InChI is InChI=1S/C26H22N4O2S/c1-26(12-13-26)19-8-6-17(7-9-19)18-14-28-25-23(15-29-30(25)16-18)21-10-11-24(33(27,31)32)22-5-3-2-4-20(21)22/h2-11,14-16H,12-13H2,1H3,(H2,27,31,32). The molecule has 3 aromatic carbocycles. The molecule has 1 aliphatic rings. The van der Waals surface area contributed by atoms with Crippen molar-refractivity contribution in [1.29, 1.82) is 0 Å². The lowest BCUT2D eigenvalue weighted by atomic mass is 9.96. The van der Waals surface area contributed by atoms with E-state index in [1.807, 2.05) is 24.5 Å². The third-order valence-electron chi connectivity index (χ3n) is 6.75. The summed E-state index contributed by atoms with van der Waals surface area (Å²) in [4.78, 5) is 4.82. The van der Waals surface area contributed by atoms with Crippen LogP contribution < -0.4 is 5.14 Å². The molecule has 33 heavy (non-hydrogen) atoms. The van der Waals surface area contributed by atoms with Crippen LogP contribution in [0.15, 0.2) is 84.1 Å². The van der Waals surface area contributed by atoms with E-state index in [4.69, 9.17) is 10.1 Å². The van der Waals surface area contributed by atoms with Gasteiger partial charge < -0.3 is 0 Å². The summed E-state index contributed by atoms with van der Waals surface area (Å²) in [6.45, 7) is 2.31. The first-order chi connectivity index (χ1) is 15.8. The van der Waals surface area contributed by atoms with Crippen molar-refractivity contribution in [3.63, 3.8) is 0 Å². The summed E-state index contributed by atoms with van der Waals surface area (Å²) >= 11 is 0. The summed E-state index contributed by atoms with van der Waals surface area (Å²) in [5, 5.41) is 11.3. The third-order valence-corrected chi connectivity index (χ3v) is 7.72. The minimum absolute atomic E-state index is 0.108. The normalized spacial score (nSPS) is 15.2. The number of hydrogen-bond acceptors (Lipinski definition) is 4. The first kappa shape index (κ1) is 20.1. The van der Waals surface area contributed by atoms with Crippen molar-refractivity contribution in [2.24, 2.45) is 5.14 Å². The molecular weight excluding hydrogens is 432 g/mol. The molecule has 164 valence electrons. The predicted molar refractivity (Wildman–Crippen MR) is 129 cm³/mol. The molecule has 0 unspecified atom stereocenters. The molecule has 2 N–H and O–H groups in total. The highest BCUT2D eigenvalue weighted by Gasteiger charge is 2.38. The van der Waals surface area contributed by atoms with E-state index in [0.717, 1.165) is 27.6 Å². The van der Waals surface area contributed by atoms with Crippen molar-refractivity contribution in [3.05, 3.63) is 84.8 Å². The van der Waals surface area contributed by atoms with E-state index in [1.54, 1.807) is 35.0 Å². The van der Waals surface area contributed by atoms with E-state index in [9.17, 15) is 8.42 Å². The molecule has 5 aromatic rings. The number of fused-ring (bicyclic) bond motifs is 2. The number of sulfonamides is 1. The number of benzene rings is 3. The van der Waals surface area contributed by atoms with Gasteiger partial charge in [-0.3, -0.25) is 0 Å². The minimum Gasteiger partial charge on any atom is -0.236 e. The van der Waals surface area contributed by atoms with Gasteiger partial charge in [-0.05, 0) is 46.4 Å². The SMILES string of the molecule is CC1(c2ccc(-c3cnc4c(-c5ccc(S(N)(=O)=O)c6ccccc56)cnn4c3)cc2)CC1. The van der Waals surface area contributed by atoms with Crippen LogP contribution in [0.5, 0.6) is 0 Å². The summed E-state index contributed by atoms with van der Waals surface area (Å²) in [6, 6.07) is 19.4. The van der Waals surface area contributed by atoms with Crippen molar-refractivity contribution in [3.8, 4) is 22.3 Å². The first-order valence-corrected chi connectivity index (χ1v) is 12.4. The topological polar surface area (TPSA) is 90.3 Å². The molecule has 2 aromatic heterocycles. The van der Waals surface area contributed by atoms with Gasteiger partial charge >= 0.3 is 0 Å². The second-order valence-electron chi connectivity index (χ2n) is 9.01. The largest absolute Gasteiger partial charge is 0.238 e. The van der Waals surface area contributed by atoms with Crippen molar-refractivity contribution >= 4 is 26.4 Å². The Labute approximate surface area is 191 Å².